The summed E-state index contributed by atoms with van der Waals surface area (Å²) in [5.41, 5.74) is 9.18. The first-order chi connectivity index (χ1) is 13.0. The molecule has 2 N–H and O–H groups in total. The maximum absolute atomic E-state index is 12.9. The summed E-state index contributed by atoms with van der Waals surface area (Å²) in [6, 6.07) is 12.7. The van der Waals surface area contributed by atoms with Gasteiger partial charge in [0.1, 0.15) is 11.6 Å². The van der Waals surface area contributed by atoms with Crippen molar-refractivity contribution >= 4 is 5.91 Å². The van der Waals surface area contributed by atoms with Crippen LogP contribution < -0.4 is 10.5 Å². The number of hydrogen-bond donors (Lipinski definition) is 1. The van der Waals surface area contributed by atoms with Crippen molar-refractivity contribution in [2.75, 3.05) is 6.61 Å². The normalized spacial score (nSPS) is 23.5. The summed E-state index contributed by atoms with van der Waals surface area (Å²) >= 11 is 0. The van der Waals surface area contributed by atoms with Gasteiger partial charge >= 0.3 is 0 Å². The Hall–Kier alpha value is -2.36. The van der Waals surface area contributed by atoms with Gasteiger partial charge in [-0.05, 0) is 91.8 Å². The molecular weight excluding hydrogens is 341 g/mol. The first kappa shape index (κ1) is 18.0. The fraction of sp³-hybridized carbons (Fsp3) is 0.391. The Morgan fingerprint density at radius 2 is 2.00 bits per heavy atom. The molecule has 2 aliphatic rings. The van der Waals surface area contributed by atoms with E-state index >= 15 is 0 Å². The van der Waals surface area contributed by atoms with Crippen molar-refractivity contribution in [3.8, 4) is 5.75 Å². The van der Waals surface area contributed by atoms with Gasteiger partial charge in [0.15, 0.2) is 0 Å². The van der Waals surface area contributed by atoms with E-state index in [9.17, 15) is 9.18 Å². The highest BCUT2D eigenvalue weighted by Crippen LogP contribution is 2.47. The van der Waals surface area contributed by atoms with Crippen LogP contribution in [0.4, 0.5) is 4.39 Å². The van der Waals surface area contributed by atoms with Crippen LogP contribution in [0, 0.1) is 23.6 Å². The number of aryl methyl sites for hydroxylation is 1. The third-order valence-corrected chi connectivity index (χ3v) is 5.96. The summed E-state index contributed by atoms with van der Waals surface area (Å²) in [6.07, 6.45) is 7.68. The van der Waals surface area contributed by atoms with E-state index in [1.165, 1.54) is 28.8 Å². The number of nitrogens with two attached hydrogens (primary N) is 1. The van der Waals surface area contributed by atoms with Crippen molar-refractivity contribution < 1.29 is 13.9 Å². The Bertz CT molecular complexity index is 833. The average molecular weight is 366 g/mol. The molecule has 2 atom stereocenters. The minimum atomic E-state index is -0.458. The zero-order valence-electron chi connectivity index (χ0n) is 15.4. The number of halogens is 1. The number of benzene rings is 2. The van der Waals surface area contributed by atoms with Gasteiger partial charge in [0, 0.05) is 0 Å². The molecule has 4 heteroatoms. The second-order valence-electron chi connectivity index (χ2n) is 7.88. The fourth-order valence-corrected chi connectivity index (χ4v) is 4.48. The Kier molecular flexibility index (Phi) is 4.90. The molecule has 27 heavy (non-hydrogen) atoms. The van der Waals surface area contributed by atoms with E-state index in [0.717, 1.165) is 38.5 Å². The highest BCUT2D eigenvalue weighted by molar-refractivity contribution is 5.83. The minimum absolute atomic E-state index is 0.184. The predicted octanol–water partition coefficient (Wildman–Crippen LogP) is 4.02. The topological polar surface area (TPSA) is 52.3 Å². The minimum Gasteiger partial charge on any atom is -0.494 e. The van der Waals surface area contributed by atoms with Crippen LogP contribution in [0.2, 0.25) is 0 Å². The van der Waals surface area contributed by atoms with E-state index in [4.69, 9.17) is 10.5 Å². The third-order valence-electron chi connectivity index (χ3n) is 5.96. The Balaban J connectivity index is 1.39. The van der Waals surface area contributed by atoms with Crippen molar-refractivity contribution in [1.82, 2.24) is 0 Å². The summed E-state index contributed by atoms with van der Waals surface area (Å²) in [4.78, 5) is 12.1. The Labute approximate surface area is 159 Å². The standard InChI is InChI=1S/C23H25FNO2/c24-20-5-7-21(8-6-20)27-11-1-2-16-3-4-18-13-17-9-10-23(14-17,22(25)26)15-19(18)12-16/h3-8,12,14,17H,1-2,9-11,13,15H2,(H2,25,26). The molecule has 2 bridgehead atoms. The van der Waals surface area contributed by atoms with E-state index < -0.39 is 5.41 Å². The number of amides is 1. The van der Waals surface area contributed by atoms with E-state index in [1.54, 1.807) is 12.1 Å². The van der Waals surface area contributed by atoms with E-state index in [2.05, 4.69) is 24.6 Å². The van der Waals surface area contributed by atoms with Crippen LogP contribution in [0.25, 0.3) is 0 Å². The zero-order chi connectivity index (χ0) is 18.9. The second-order valence-corrected chi connectivity index (χ2v) is 7.88. The molecule has 0 aliphatic heterocycles. The Morgan fingerprint density at radius 3 is 2.78 bits per heavy atom. The molecule has 2 aliphatic carbocycles. The van der Waals surface area contributed by atoms with Gasteiger partial charge in [0.2, 0.25) is 5.91 Å². The van der Waals surface area contributed by atoms with Crippen molar-refractivity contribution in [2.45, 2.75) is 38.5 Å². The van der Waals surface area contributed by atoms with Crippen molar-refractivity contribution in [1.29, 1.82) is 0 Å². The highest BCUT2D eigenvalue weighted by Gasteiger charge is 2.46. The first-order valence-corrected chi connectivity index (χ1v) is 9.69. The molecule has 3 nitrogen and oxygen atoms in total. The van der Waals surface area contributed by atoms with Gasteiger partial charge in [-0.1, -0.05) is 18.2 Å². The summed E-state index contributed by atoms with van der Waals surface area (Å²) in [6.45, 7) is 0.587. The number of hydrogen-bond acceptors (Lipinski definition) is 2. The molecule has 0 aromatic heterocycles. The first-order valence-electron chi connectivity index (χ1n) is 9.69. The summed E-state index contributed by atoms with van der Waals surface area (Å²) in [5.74, 6) is 0.713. The molecular formula is C23H25FNO2. The number of carbonyl (C=O) groups excluding carboxylic acids is 1. The zero-order valence-corrected chi connectivity index (χ0v) is 15.4. The van der Waals surface area contributed by atoms with Gasteiger partial charge < -0.3 is 10.5 Å². The van der Waals surface area contributed by atoms with Gasteiger partial charge in [-0.15, -0.1) is 0 Å². The quantitative estimate of drug-likeness (QED) is 0.785. The van der Waals surface area contributed by atoms with Crippen LogP contribution >= 0.6 is 0 Å². The lowest BCUT2D eigenvalue weighted by molar-refractivity contribution is -0.125. The van der Waals surface area contributed by atoms with Crippen LogP contribution in [0.3, 0.4) is 0 Å². The number of ether oxygens (including phenoxy) is 1. The number of primary amides is 1. The fourth-order valence-electron chi connectivity index (χ4n) is 4.48. The second kappa shape index (κ2) is 7.34. The van der Waals surface area contributed by atoms with Gasteiger partial charge in [-0.3, -0.25) is 4.79 Å². The molecule has 0 spiro atoms. The Morgan fingerprint density at radius 1 is 1.19 bits per heavy atom. The maximum Gasteiger partial charge on any atom is 0.224 e. The molecule has 0 heterocycles. The van der Waals surface area contributed by atoms with Gasteiger partial charge in [0.05, 0.1) is 12.0 Å². The molecule has 2 aromatic rings. The molecule has 1 amide bonds. The lowest BCUT2D eigenvalue weighted by Gasteiger charge is -2.25. The predicted molar refractivity (Wildman–Crippen MR) is 103 cm³/mol. The lowest BCUT2D eigenvalue weighted by atomic mass is 9.79. The molecule has 1 fully saturated rings. The monoisotopic (exact) mass is 366 g/mol. The SMILES string of the molecule is NC(=O)C12[CH]C(CC1)Cc1ccc(CCCOc3ccc(F)cc3)cc1C2. The van der Waals surface area contributed by atoms with Crippen LogP contribution in [-0.2, 0) is 24.1 Å². The third kappa shape index (κ3) is 3.85. The van der Waals surface area contributed by atoms with Crippen molar-refractivity contribution in [3.63, 3.8) is 0 Å². The van der Waals surface area contributed by atoms with Gasteiger partial charge in [-0.25, -0.2) is 4.39 Å². The summed E-state index contributed by atoms with van der Waals surface area (Å²) in [7, 11) is 0. The van der Waals surface area contributed by atoms with Crippen molar-refractivity contribution in [2.24, 2.45) is 17.1 Å². The van der Waals surface area contributed by atoms with E-state index in [-0.39, 0.29) is 11.7 Å². The summed E-state index contributed by atoms with van der Waals surface area (Å²) < 4.78 is 18.6. The number of fused-ring (bicyclic) bond motifs is 3. The molecule has 1 saturated carbocycles. The van der Waals surface area contributed by atoms with Crippen molar-refractivity contribution in [3.05, 3.63) is 71.4 Å². The van der Waals surface area contributed by atoms with Crippen LogP contribution in [0.15, 0.2) is 42.5 Å². The molecule has 0 saturated heterocycles. The largest absolute Gasteiger partial charge is 0.494 e. The summed E-state index contributed by atoms with van der Waals surface area (Å²) in [5, 5.41) is 0. The molecule has 4 rings (SSSR count). The molecule has 2 aromatic carbocycles. The number of rotatable bonds is 6. The maximum atomic E-state index is 12.9. The lowest BCUT2D eigenvalue weighted by Crippen LogP contribution is -2.37. The van der Waals surface area contributed by atoms with Crippen LogP contribution in [0.5, 0.6) is 5.75 Å². The highest BCUT2D eigenvalue weighted by atomic mass is 19.1. The molecule has 2 unspecified atom stereocenters. The van der Waals surface area contributed by atoms with Crippen LogP contribution in [0.1, 0.15) is 36.0 Å². The number of carbonyl (C=O) groups is 1. The molecule has 141 valence electrons. The van der Waals surface area contributed by atoms with Gasteiger partial charge in [-0.2, -0.15) is 0 Å². The van der Waals surface area contributed by atoms with E-state index in [1.807, 2.05) is 0 Å². The van der Waals surface area contributed by atoms with Crippen LogP contribution in [-0.4, -0.2) is 12.5 Å². The molecule has 1 radical (unpaired) electrons. The van der Waals surface area contributed by atoms with Gasteiger partial charge in [0.25, 0.3) is 0 Å². The smallest absolute Gasteiger partial charge is 0.224 e. The van der Waals surface area contributed by atoms with E-state index in [0.29, 0.717) is 18.3 Å². The average Bonchev–Trinajstić information content (AvgIpc) is 2.97.